The van der Waals surface area contributed by atoms with Crippen LogP contribution in [0.1, 0.15) is 20.8 Å². The Kier molecular flexibility index (Phi) is 6.39. The third-order valence-corrected chi connectivity index (χ3v) is 3.07. The summed E-state index contributed by atoms with van der Waals surface area (Å²) in [6.45, 7) is 6.13. The SMILES string of the molecule is CC(O)CN(CC(=O)Nc1ccc(F)c(Cl)c1)C(C)C. The maximum absolute atomic E-state index is 13.0. The van der Waals surface area contributed by atoms with Crippen molar-refractivity contribution in [3.05, 3.63) is 29.0 Å². The Morgan fingerprint density at radius 1 is 1.45 bits per heavy atom. The lowest BCUT2D eigenvalue weighted by molar-refractivity contribution is -0.118. The van der Waals surface area contributed by atoms with E-state index in [1.165, 1.54) is 18.2 Å². The molecule has 0 aliphatic carbocycles. The van der Waals surface area contributed by atoms with E-state index in [0.29, 0.717) is 12.2 Å². The van der Waals surface area contributed by atoms with Crippen LogP contribution in [0.5, 0.6) is 0 Å². The number of halogens is 2. The Hall–Kier alpha value is -1.17. The summed E-state index contributed by atoms with van der Waals surface area (Å²) in [4.78, 5) is 13.8. The molecule has 0 saturated carbocycles. The molecule has 1 unspecified atom stereocenters. The fourth-order valence-electron chi connectivity index (χ4n) is 1.76. The van der Waals surface area contributed by atoms with Crippen LogP contribution >= 0.6 is 11.6 Å². The number of nitrogens with one attached hydrogen (secondary N) is 1. The molecule has 1 amide bonds. The summed E-state index contributed by atoms with van der Waals surface area (Å²) in [7, 11) is 0. The minimum atomic E-state index is -0.525. The summed E-state index contributed by atoms with van der Waals surface area (Å²) in [6, 6.07) is 4.15. The number of carbonyl (C=O) groups excluding carboxylic acids is 1. The first-order chi connectivity index (χ1) is 9.29. The second-order valence-corrected chi connectivity index (χ2v) is 5.46. The Labute approximate surface area is 123 Å². The third-order valence-electron chi connectivity index (χ3n) is 2.78. The van der Waals surface area contributed by atoms with Crippen LogP contribution in [0.4, 0.5) is 10.1 Å². The van der Waals surface area contributed by atoms with E-state index in [9.17, 15) is 14.3 Å². The van der Waals surface area contributed by atoms with Crippen LogP contribution < -0.4 is 5.32 Å². The number of aliphatic hydroxyl groups is 1. The summed E-state index contributed by atoms with van der Waals surface area (Å²) in [5.74, 6) is -0.760. The highest BCUT2D eigenvalue weighted by molar-refractivity contribution is 6.31. The molecule has 0 aromatic heterocycles. The van der Waals surface area contributed by atoms with E-state index in [1.807, 2.05) is 18.7 Å². The molecule has 112 valence electrons. The molecule has 4 nitrogen and oxygen atoms in total. The number of nitrogens with zero attached hydrogens (tertiary/aromatic N) is 1. The number of benzene rings is 1. The fraction of sp³-hybridized carbons (Fsp3) is 0.500. The van der Waals surface area contributed by atoms with Crippen LogP contribution in [0.3, 0.4) is 0 Å². The molecule has 0 bridgehead atoms. The highest BCUT2D eigenvalue weighted by Crippen LogP contribution is 2.19. The van der Waals surface area contributed by atoms with Gasteiger partial charge < -0.3 is 10.4 Å². The molecule has 1 aromatic carbocycles. The van der Waals surface area contributed by atoms with Gasteiger partial charge in [-0.1, -0.05) is 11.6 Å². The van der Waals surface area contributed by atoms with Crippen molar-refractivity contribution in [2.24, 2.45) is 0 Å². The highest BCUT2D eigenvalue weighted by Gasteiger charge is 2.16. The predicted octanol–water partition coefficient (Wildman–Crippen LogP) is 2.51. The average Bonchev–Trinajstić information content (AvgIpc) is 2.32. The van der Waals surface area contributed by atoms with E-state index >= 15 is 0 Å². The zero-order chi connectivity index (χ0) is 15.3. The Bertz CT molecular complexity index is 466. The molecular formula is C14H20ClFN2O2. The average molecular weight is 303 g/mol. The van der Waals surface area contributed by atoms with Gasteiger partial charge in [0, 0.05) is 18.3 Å². The summed E-state index contributed by atoms with van der Waals surface area (Å²) < 4.78 is 13.0. The summed E-state index contributed by atoms with van der Waals surface area (Å²) >= 11 is 5.65. The van der Waals surface area contributed by atoms with E-state index in [1.54, 1.807) is 6.92 Å². The van der Waals surface area contributed by atoms with Crippen molar-refractivity contribution < 1.29 is 14.3 Å². The zero-order valence-electron chi connectivity index (χ0n) is 11.9. The normalized spacial score (nSPS) is 12.8. The molecule has 2 N–H and O–H groups in total. The minimum Gasteiger partial charge on any atom is -0.392 e. The molecule has 0 heterocycles. The van der Waals surface area contributed by atoms with Crippen LogP contribution in [0.2, 0.25) is 5.02 Å². The van der Waals surface area contributed by atoms with Crippen molar-refractivity contribution in [3.8, 4) is 0 Å². The second kappa shape index (κ2) is 7.57. The molecule has 0 aliphatic heterocycles. The summed E-state index contributed by atoms with van der Waals surface area (Å²) in [6.07, 6.45) is -0.509. The number of carbonyl (C=O) groups is 1. The van der Waals surface area contributed by atoms with Gasteiger partial charge in [-0.05, 0) is 39.0 Å². The van der Waals surface area contributed by atoms with Gasteiger partial charge >= 0.3 is 0 Å². The first-order valence-corrected chi connectivity index (χ1v) is 6.84. The van der Waals surface area contributed by atoms with E-state index in [0.717, 1.165) is 0 Å². The molecule has 0 spiro atoms. The molecule has 1 rings (SSSR count). The molecule has 0 aliphatic rings. The van der Waals surface area contributed by atoms with E-state index in [-0.39, 0.29) is 23.5 Å². The van der Waals surface area contributed by atoms with Crippen molar-refractivity contribution in [2.45, 2.75) is 32.9 Å². The van der Waals surface area contributed by atoms with E-state index < -0.39 is 11.9 Å². The van der Waals surface area contributed by atoms with E-state index in [2.05, 4.69) is 5.32 Å². The van der Waals surface area contributed by atoms with Gasteiger partial charge in [0.25, 0.3) is 0 Å². The van der Waals surface area contributed by atoms with Gasteiger partial charge in [0.1, 0.15) is 5.82 Å². The summed E-state index contributed by atoms with van der Waals surface area (Å²) in [5.41, 5.74) is 0.446. The largest absolute Gasteiger partial charge is 0.392 e. The number of rotatable bonds is 6. The van der Waals surface area contributed by atoms with Crippen molar-refractivity contribution in [1.82, 2.24) is 4.90 Å². The van der Waals surface area contributed by atoms with Crippen LogP contribution in [0, 0.1) is 5.82 Å². The Morgan fingerprint density at radius 2 is 2.10 bits per heavy atom. The highest BCUT2D eigenvalue weighted by atomic mass is 35.5. The maximum Gasteiger partial charge on any atom is 0.238 e. The Balaban J connectivity index is 2.63. The lowest BCUT2D eigenvalue weighted by Crippen LogP contribution is -2.41. The van der Waals surface area contributed by atoms with Gasteiger partial charge in [-0.3, -0.25) is 9.69 Å². The van der Waals surface area contributed by atoms with Gasteiger partial charge in [-0.15, -0.1) is 0 Å². The predicted molar refractivity (Wildman–Crippen MR) is 78.4 cm³/mol. The molecule has 1 aromatic rings. The first-order valence-electron chi connectivity index (χ1n) is 6.46. The molecule has 0 saturated heterocycles. The van der Waals surface area contributed by atoms with Crippen LogP contribution in [-0.4, -0.2) is 41.1 Å². The number of hydrogen-bond acceptors (Lipinski definition) is 3. The summed E-state index contributed by atoms with van der Waals surface area (Å²) in [5, 5.41) is 12.0. The number of amides is 1. The smallest absolute Gasteiger partial charge is 0.238 e. The number of aliphatic hydroxyl groups excluding tert-OH is 1. The molecule has 0 fully saturated rings. The fourth-order valence-corrected chi connectivity index (χ4v) is 1.94. The van der Waals surface area contributed by atoms with Crippen LogP contribution in [0.15, 0.2) is 18.2 Å². The van der Waals surface area contributed by atoms with Crippen LogP contribution in [0.25, 0.3) is 0 Å². The molecular weight excluding hydrogens is 283 g/mol. The van der Waals surface area contributed by atoms with Gasteiger partial charge in [0.2, 0.25) is 5.91 Å². The van der Waals surface area contributed by atoms with Crippen molar-refractivity contribution in [1.29, 1.82) is 0 Å². The van der Waals surface area contributed by atoms with Gasteiger partial charge in [-0.25, -0.2) is 4.39 Å². The van der Waals surface area contributed by atoms with Crippen molar-refractivity contribution >= 4 is 23.2 Å². The quantitative estimate of drug-likeness (QED) is 0.849. The molecule has 1 atom stereocenters. The van der Waals surface area contributed by atoms with Crippen molar-refractivity contribution in [2.75, 3.05) is 18.4 Å². The zero-order valence-corrected chi connectivity index (χ0v) is 12.6. The second-order valence-electron chi connectivity index (χ2n) is 5.05. The molecule has 6 heteroatoms. The first kappa shape index (κ1) is 16.9. The van der Waals surface area contributed by atoms with Gasteiger partial charge in [0.15, 0.2) is 0 Å². The monoisotopic (exact) mass is 302 g/mol. The maximum atomic E-state index is 13.0. The van der Waals surface area contributed by atoms with Crippen LogP contribution in [-0.2, 0) is 4.79 Å². The van der Waals surface area contributed by atoms with Gasteiger partial charge in [0.05, 0.1) is 17.7 Å². The topological polar surface area (TPSA) is 52.6 Å². The number of anilines is 1. The van der Waals surface area contributed by atoms with Gasteiger partial charge in [-0.2, -0.15) is 0 Å². The standard InChI is InChI=1S/C14H20ClFN2O2/c1-9(2)18(7-10(3)19)8-14(20)17-11-4-5-13(16)12(15)6-11/h4-6,9-10,19H,7-8H2,1-3H3,(H,17,20). The lowest BCUT2D eigenvalue weighted by atomic mass is 10.2. The Morgan fingerprint density at radius 3 is 2.60 bits per heavy atom. The third kappa shape index (κ3) is 5.45. The molecule has 0 radical (unpaired) electrons. The minimum absolute atomic E-state index is 0.0347. The number of hydrogen-bond donors (Lipinski definition) is 2. The lowest BCUT2D eigenvalue weighted by Gasteiger charge is -2.26. The van der Waals surface area contributed by atoms with Crippen molar-refractivity contribution in [3.63, 3.8) is 0 Å². The van der Waals surface area contributed by atoms with E-state index in [4.69, 9.17) is 11.6 Å². The molecule has 20 heavy (non-hydrogen) atoms.